The second kappa shape index (κ2) is 7.22. The smallest absolute Gasteiger partial charge is 0.237 e. The van der Waals surface area contributed by atoms with Crippen molar-refractivity contribution in [3.8, 4) is 0 Å². The van der Waals surface area contributed by atoms with Gasteiger partial charge >= 0.3 is 0 Å². The maximum atomic E-state index is 13.1. The van der Waals surface area contributed by atoms with Crippen LogP contribution in [0.2, 0.25) is 0 Å². The molecule has 0 spiro atoms. The normalized spacial score (nSPS) is 12.0. The van der Waals surface area contributed by atoms with Gasteiger partial charge in [0.2, 0.25) is 5.91 Å². The zero-order valence-corrected chi connectivity index (χ0v) is 12.3. The maximum absolute atomic E-state index is 13.1. The number of halogens is 2. The van der Waals surface area contributed by atoms with Crippen LogP contribution >= 0.6 is 11.8 Å². The van der Waals surface area contributed by atoms with E-state index in [9.17, 15) is 13.6 Å². The van der Waals surface area contributed by atoms with E-state index in [0.29, 0.717) is 5.75 Å². The highest BCUT2D eigenvalue weighted by Gasteiger charge is 2.14. The predicted molar refractivity (Wildman–Crippen MR) is 82.2 cm³/mol. The highest BCUT2D eigenvalue weighted by atomic mass is 32.2. The first-order valence-corrected chi connectivity index (χ1v) is 7.52. The molecule has 0 saturated heterocycles. The molecule has 0 aliphatic heterocycles. The Hall–Kier alpha value is -1.88. The summed E-state index contributed by atoms with van der Waals surface area (Å²) in [4.78, 5) is 12.0. The van der Waals surface area contributed by atoms with Crippen molar-refractivity contribution in [3.05, 3.63) is 65.7 Å². The van der Waals surface area contributed by atoms with Crippen LogP contribution in [0.1, 0.15) is 12.5 Å². The second-order valence-electron chi connectivity index (χ2n) is 4.56. The van der Waals surface area contributed by atoms with Gasteiger partial charge in [-0.2, -0.15) is 0 Å². The third kappa shape index (κ3) is 4.56. The van der Waals surface area contributed by atoms with Gasteiger partial charge in [-0.15, -0.1) is 11.8 Å². The van der Waals surface area contributed by atoms with Gasteiger partial charge in [0.1, 0.15) is 0 Å². The Morgan fingerprint density at radius 1 is 1.14 bits per heavy atom. The molecule has 1 amide bonds. The Morgan fingerprint density at radius 3 is 2.52 bits per heavy atom. The summed E-state index contributed by atoms with van der Waals surface area (Å²) in [6.07, 6.45) is 0. The molecular weight excluding hydrogens is 292 g/mol. The average molecular weight is 307 g/mol. The lowest BCUT2D eigenvalue weighted by atomic mass is 10.2. The number of rotatable bonds is 5. The first-order valence-electron chi connectivity index (χ1n) is 6.47. The molecule has 0 bridgehead atoms. The standard InChI is InChI=1S/C16H15F2NOS/c1-11(21-10-12-5-3-2-4-6-12)16(20)19-13-7-8-14(17)15(18)9-13/h2-9,11H,10H2,1H3,(H,19,20). The van der Waals surface area contributed by atoms with E-state index in [4.69, 9.17) is 0 Å². The molecule has 0 fully saturated rings. The summed E-state index contributed by atoms with van der Waals surface area (Å²) in [5.41, 5.74) is 1.39. The molecule has 0 aliphatic rings. The molecule has 0 heterocycles. The van der Waals surface area contributed by atoms with E-state index in [1.807, 2.05) is 30.3 Å². The summed E-state index contributed by atoms with van der Waals surface area (Å²) in [6.45, 7) is 1.78. The van der Waals surface area contributed by atoms with Crippen LogP contribution in [0.25, 0.3) is 0 Å². The van der Waals surface area contributed by atoms with Crippen molar-refractivity contribution < 1.29 is 13.6 Å². The van der Waals surface area contributed by atoms with Gasteiger partial charge in [-0.1, -0.05) is 30.3 Å². The van der Waals surface area contributed by atoms with E-state index in [1.165, 1.54) is 17.8 Å². The molecule has 2 aromatic rings. The lowest BCUT2D eigenvalue weighted by Crippen LogP contribution is -2.22. The van der Waals surface area contributed by atoms with Crippen molar-refractivity contribution >= 4 is 23.4 Å². The van der Waals surface area contributed by atoms with Crippen LogP contribution in [-0.4, -0.2) is 11.2 Å². The fourth-order valence-corrected chi connectivity index (χ4v) is 2.53. The molecule has 5 heteroatoms. The van der Waals surface area contributed by atoms with Crippen molar-refractivity contribution in [1.82, 2.24) is 0 Å². The van der Waals surface area contributed by atoms with E-state index < -0.39 is 11.6 Å². The van der Waals surface area contributed by atoms with Gasteiger partial charge in [0.05, 0.1) is 5.25 Å². The molecule has 2 nitrogen and oxygen atoms in total. The van der Waals surface area contributed by atoms with E-state index in [0.717, 1.165) is 17.7 Å². The predicted octanol–water partition coefficient (Wildman–Crippen LogP) is 4.23. The lowest BCUT2D eigenvalue weighted by molar-refractivity contribution is -0.115. The molecular formula is C16H15F2NOS. The topological polar surface area (TPSA) is 29.1 Å². The van der Waals surface area contributed by atoms with Crippen molar-refractivity contribution in [2.24, 2.45) is 0 Å². The van der Waals surface area contributed by atoms with Gasteiger partial charge < -0.3 is 5.32 Å². The number of amides is 1. The van der Waals surface area contributed by atoms with Gasteiger partial charge in [0.15, 0.2) is 11.6 Å². The Bertz CT molecular complexity index is 619. The summed E-state index contributed by atoms with van der Waals surface area (Å²) in [7, 11) is 0. The highest BCUT2D eigenvalue weighted by Crippen LogP contribution is 2.20. The molecule has 1 N–H and O–H groups in total. The first-order chi connectivity index (χ1) is 10.1. The van der Waals surface area contributed by atoms with Crippen molar-refractivity contribution in [1.29, 1.82) is 0 Å². The number of hydrogen-bond donors (Lipinski definition) is 1. The van der Waals surface area contributed by atoms with Gasteiger partial charge in [-0.25, -0.2) is 8.78 Å². The number of hydrogen-bond acceptors (Lipinski definition) is 2. The molecule has 1 unspecified atom stereocenters. The van der Waals surface area contributed by atoms with Crippen LogP contribution in [0.15, 0.2) is 48.5 Å². The fraction of sp³-hybridized carbons (Fsp3) is 0.188. The minimum Gasteiger partial charge on any atom is -0.325 e. The van der Waals surface area contributed by atoms with Gasteiger partial charge in [0.25, 0.3) is 0 Å². The molecule has 1 atom stereocenters. The molecule has 110 valence electrons. The highest BCUT2D eigenvalue weighted by molar-refractivity contribution is 7.99. The summed E-state index contributed by atoms with van der Waals surface area (Å²) in [6, 6.07) is 13.1. The summed E-state index contributed by atoms with van der Waals surface area (Å²) in [5.74, 6) is -1.42. The molecule has 2 aromatic carbocycles. The monoisotopic (exact) mass is 307 g/mol. The van der Waals surface area contributed by atoms with E-state index in [-0.39, 0.29) is 16.8 Å². The summed E-state index contributed by atoms with van der Waals surface area (Å²) >= 11 is 1.48. The molecule has 0 aromatic heterocycles. The molecule has 0 aliphatic carbocycles. The van der Waals surface area contributed by atoms with E-state index >= 15 is 0 Å². The summed E-state index contributed by atoms with van der Waals surface area (Å²) in [5, 5.41) is 2.29. The van der Waals surface area contributed by atoms with Crippen molar-refractivity contribution in [2.45, 2.75) is 17.9 Å². The molecule has 2 rings (SSSR count). The number of carbonyl (C=O) groups excluding carboxylic acids is 1. The van der Waals surface area contributed by atoms with E-state index in [1.54, 1.807) is 6.92 Å². The fourth-order valence-electron chi connectivity index (χ4n) is 1.69. The third-order valence-corrected chi connectivity index (χ3v) is 4.11. The first kappa shape index (κ1) is 15.5. The quantitative estimate of drug-likeness (QED) is 0.896. The van der Waals surface area contributed by atoms with E-state index in [2.05, 4.69) is 5.32 Å². The lowest BCUT2D eigenvalue weighted by Gasteiger charge is -2.12. The van der Waals surface area contributed by atoms with Crippen molar-refractivity contribution in [2.75, 3.05) is 5.32 Å². The van der Waals surface area contributed by atoms with Crippen LogP contribution in [0.4, 0.5) is 14.5 Å². The average Bonchev–Trinajstić information content (AvgIpc) is 2.49. The number of thioether (sulfide) groups is 1. The number of carbonyl (C=O) groups is 1. The molecule has 0 radical (unpaired) electrons. The zero-order valence-electron chi connectivity index (χ0n) is 11.5. The van der Waals surface area contributed by atoms with Crippen LogP contribution in [0.5, 0.6) is 0 Å². The number of anilines is 1. The van der Waals surface area contributed by atoms with Crippen LogP contribution in [0, 0.1) is 11.6 Å². The Labute approximate surface area is 126 Å². The Kier molecular flexibility index (Phi) is 5.33. The summed E-state index contributed by atoms with van der Waals surface area (Å²) < 4.78 is 25.9. The number of benzene rings is 2. The zero-order chi connectivity index (χ0) is 15.2. The second-order valence-corrected chi connectivity index (χ2v) is 5.89. The minimum absolute atomic E-state index is 0.234. The minimum atomic E-state index is -0.975. The van der Waals surface area contributed by atoms with Crippen LogP contribution in [0.3, 0.4) is 0 Å². The number of nitrogens with one attached hydrogen (secondary N) is 1. The van der Waals surface area contributed by atoms with Crippen LogP contribution < -0.4 is 5.32 Å². The Balaban J connectivity index is 1.89. The van der Waals surface area contributed by atoms with Gasteiger partial charge in [-0.05, 0) is 24.6 Å². The van der Waals surface area contributed by atoms with Gasteiger partial charge in [0, 0.05) is 17.5 Å². The SMILES string of the molecule is CC(SCc1ccccc1)C(=O)Nc1ccc(F)c(F)c1. The van der Waals surface area contributed by atoms with Crippen LogP contribution in [-0.2, 0) is 10.5 Å². The molecule has 21 heavy (non-hydrogen) atoms. The van der Waals surface area contributed by atoms with Gasteiger partial charge in [-0.3, -0.25) is 4.79 Å². The Morgan fingerprint density at radius 2 is 1.86 bits per heavy atom. The largest absolute Gasteiger partial charge is 0.325 e. The third-order valence-electron chi connectivity index (χ3n) is 2.90. The molecule has 0 saturated carbocycles. The van der Waals surface area contributed by atoms with Crippen molar-refractivity contribution in [3.63, 3.8) is 0 Å². The maximum Gasteiger partial charge on any atom is 0.237 e.